The molecule has 1 N–H and O–H groups in total. The maximum Gasteiger partial charge on any atom is 0.416 e. The number of halogens is 6. The van der Waals surface area contributed by atoms with Gasteiger partial charge in [-0.1, -0.05) is 5.16 Å². The fourth-order valence-electron chi connectivity index (χ4n) is 3.86. The third-order valence-electron chi connectivity index (χ3n) is 5.57. The zero-order chi connectivity index (χ0) is 23.7. The van der Waals surface area contributed by atoms with Gasteiger partial charge < -0.3 is 14.7 Å². The Morgan fingerprint density at radius 3 is 2.06 bits per heavy atom. The van der Waals surface area contributed by atoms with E-state index in [-0.39, 0.29) is 12.1 Å². The van der Waals surface area contributed by atoms with Gasteiger partial charge in [-0.3, -0.25) is 4.79 Å². The average molecular weight is 463 g/mol. The summed E-state index contributed by atoms with van der Waals surface area (Å²) in [6.07, 6.45) is -7.34. The molecule has 1 aromatic carbocycles. The summed E-state index contributed by atoms with van der Waals surface area (Å²) >= 11 is 0. The minimum atomic E-state index is -5.00. The predicted octanol–water partition coefficient (Wildman–Crippen LogP) is 5.45. The Labute approximate surface area is 180 Å². The van der Waals surface area contributed by atoms with Crippen molar-refractivity contribution in [1.29, 1.82) is 0 Å². The van der Waals surface area contributed by atoms with E-state index in [1.165, 1.54) is 0 Å². The van der Waals surface area contributed by atoms with Gasteiger partial charge in [0.05, 0.1) is 11.1 Å². The van der Waals surface area contributed by atoms with E-state index in [1.54, 1.807) is 6.92 Å². The number of rotatable bonds is 5. The van der Waals surface area contributed by atoms with Gasteiger partial charge in [0.25, 0.3) is 5.91 Å². The molecule has 0 radical (unpaired) electrons. The van der Waals surface area contributed by atoms with Gasteiger partial charge in [0, 0.05) is 31.3 Å². The number of aromatic nitrogens is 1. The molecule has 1 aliphatic rings. The van der Waals surface area contributed by atoms with Crippen LogP contribution in [0.1, 0.15) is 52.9 Å². The monoisotopic (exact) mass is 463 g/mol. The van der Waals surface area contributed by atoms with Crippen LogP contribution in [-0.2, 0) is 12.4 Å². The van der Waals surface area contributed by atoms with Gasteiger partial charge in [-0.15, -0.1) is 0 Å². The molecule has 0 bridgehead atoms. The Hall–Kier alpha value is -2.72. The van der Waals surface area contributed by atoms with Gasteiger partial charge in [-0.05, 0) is 56.7 Å². The summed E-state index contributed by atoms with van der Waals surface area (Å²) in [5, 5.41) is 6.54. The number of nitrogens with one attached hydrogen (secondary N) is 1. The summed E-state index contributed by atoms with van der Waals surface area (Å²) in [6.45, 7) is 2.51. The first kappa shape index (κ1) is 23.9. The van der Waals surface area contributed by atoms with Gasteiger partial charge >= 0.3 is 12.4 Å². The minimum Gasteiger partial charge on any atom is -0.360 e. The quantitative estimate of drug-likeness (QED) is 0.600. The van der Waals surface area contributed by atoms with E-state index < -0.39 is 35.0 Å². The third-order valence-corrected chi connectivity index (χ3v) is 5.57. The van der Waals surface area contributed by atoms with Crippen molar-refractivity contribution in [3.8, 4) is 0 Å². The number of anilines is 1. The molecule has 1 amide bonds. The molecule has 3 rings (SSSR count). The number of hydrogen-bond donors (Lipinski definition) is 1. The molecule has 11 heteroatoms. The van der Waals surface area contributed by atoms with Crippen molar-refractivity contribution in [2.24, 2.45) is 5.92 Å². The smallest absolute Gasteiger partial charge is 0.360 e. The molecule has 176 valence electrons. The average Bonchev–Trinajstić information content (AvgIpc) is 3.14. The number of aryl methyl sites for hydroxylation is 1. The van der Waals surface area contributed by atoms with Gasteiger partial charge in [-0.25, -0.2) is 0 Å². The summed E-state index contributed by atoms with van der Waals surface area (Å²) in [7, 11) is 1.89. The summed E-state index contributed by atoms with van der Waals surface area (Å²) in [5.41, 5.74) is -3.67. The molecule has 0 aliphatic heterocycles. The van der Waals surface area contributed by atoms with E-state index in [2.05, 4.69) is 10.5 Å². The maximum atomic E-state index is 13.0. The Morgan fingerprint density at radius 1 is 1.03 bits per heavy atom. The Bertz CT molecular complexity index is 913. The fraction of sp³-hybridized carbons (Fsp3) is 0.524. The van der Waals surface area contributed by atoms with Gasteiger partial charge in [0.15, 0.2) is 5.82 Å². The highest BCUT2D eigenvalue weighted by Gasteiger charge is 2.37. The first-order valence-corrected chi connectivity index (χ1v) is 10.1. The molecule has 32 heavy (non-hydrogen) atoms. The maximum absolute atomic E-state index is 13.0. The number of nitrogens with zero attached hydrogens (tertiary/aromatic N) is 2. The van der Waals surface area contributed by atoms with Gasteiger partial charge in [0.2, 0.25) is 0 Å². The van der Waals surface area contributed by atoms with E-state index in [9.17, 15) is 31.1 Å². The number of carbonyl (C=O) groups is 1. The lowest BCUT2D eigenvalue weighted by atomic mass is 9.85. The van der Waals surface area contributed by atoms with Crippen LogP contribution >= 0.6 is 0 Å². The Balaban J connectivity index is 1.61. The summed E-state index contributed by atoms with van der Waals surface area (Å²) < 4.78 is 83.2. The molecule has 1 fully saturated rings. The topological polar surface area (TPSA) is 58.4 Å². The molecule has 1 heterocycles. The van der Waals surface area contributed by atoms with Gasteiger partial charge in [0.1, 0.15) is 5.76 Å². The van der Waals surface area contributed by atoms with E-state index in [4.69, 9.17) is 4.52 Å². The van der Waals surface area contributed by atoms with Crippen LogP contribution in [0.3, 0.4) is 0 Å². The zero-order valence-corrected chi connectivity index (χ0v) is 17.5. The molecule has 1 aromatic heterocycles. The zero-order valence-electron chi connectivity index (χ0n) is 17.5. The number of hydrogen-bond acceptors (Lipinski definition) is 4. The highest BCUT2D eigenvalue weighted by molar-refractivity contribution is 5.94. The van der Waals surface area contributed by atoms with Gasteiger partial charge in [-0.2, -0.15) is 26.3 Å². The SMILES string of the molecule is Cc1cc(N(C)C[C@H]2CC[C@H](NC(=O)c3cc(C(F)(F)F)cc(C(F)(F)F)c3)CC2)no1. The minimum absolute atomic E-state index is 0.00878. The molecular weight excluding hydrogens is 440 g/mol. The molecule has 0 saturated heterocycles. The number of carbonyl (C=O) groups excluding carboxylic acids is 1. The van der Waals surface area contributed by atoms with Crippen LogP contribution in [0.4, 0.5) is 32.2 Å². The molecule has 0 spiro atoms. The highest BCUT2D eigenvalue weighted by Crippen LogP contribution is 2.36. The summed E-state index contributed by atoms with van der Waals surface area (Å²) in [4.78, 5) is 14.4. The lowest BCUT2D eigenvalue weighted by Crippen LogP contribution is -2.39. The number of benzene rings is 1. The molecule has 0 unspecified atom stereocenters. The lowest BCUT2D eigenvalue weighted by molar-refractivity contribution is -0.143. The normalized spacial score (nSPS) is 19.6. The molecule has 5 nitrogen and oxygen atoms in total. The van der Waals surface area contributed by atoms with E-state index in [0.29, 0.717) is 42.5 Å². The van der Waals surface area contributed by atoms with Crippen LogP contribution < -0.4 is 10.2 Å². The van der Waals surface area contributed by atoms with Crippen LogP contribution in [0, 0.1) is 12.8 Å². The van der Waals surface area contributed by atoms with Crippen molar-refractivity contribution in [1.82, 2.24) is 10.5 Å². The van der Waals surface area contributed by atoms with Crippen molar-refractivity contribution >= 4 is 11.7 Å². The largest absolute Gasteiger partial charge is 0.416 e. The van der Waals surface area contributed by atoms with Crippen molar-refractivity contribution < 1.29 is 35.7 Å². The summed E-state index contributed by atoms with van der Waals surface area (Å²) in [6, 6.07) is 2.41. The number of amides is 1. The predicted molar refractivity (Wildman–Crippen MR) is 104 cm³/mol. The van der Waals surface area contributed by atoms with Crippen LogP contribution in [-0.4, -0.2) is 30.7 Å². The highest BCUT2D eigenvalue weighted by atomic mass is 19.4. The standard InChI is InChI=1S/C21H23F6N3O2/c1-12-7-18(29-32-12)30(2)11-13-3-5-17(6-4-13)28-19(31)14-8-15(20(22,23)24)10-16(9-14)21(25,26)27/h7-10,13,17H,3-6,11H2,1-2H3,(H,28,31)/t13-,17-. The number of alkyl halides is 6. The second kappa shape index (κ2) is 9.03. The van der Waals surface area contributed by atoms with Crippen LogP contribution in [0.2, 0.25) is 0 Å². The van der Waals surface area contributed by atoms with Crippen LogP contribution in [0.25, 0.3) is 0 Å². The second-order valence-corrected chi connectivity index (χ2v) is 8.16. The van der Waals surface area contributed by atoms with E-state index in [1.807, 2.05) is 18.0 Å². The molecule has 1 saturated carbocycles. The first-order valence-electron chi connectivity index (χ1n) is 10.1. The molecular formula is C21H23F6N3O2. The van der Waals surface area contributed by atoms with Crippen LogP contribution in [0.5, 0.6) is 0 Å². The van der Waals surface area contributed by atoms with E-state index >= 15 is 0 Å². The first-order chi connectivity index (χ1) is 14.8. The molecule has 0 atom stereocenters. The fourth-order valence-corrected chi connectivity index (χ4v) is 3.86. The lowest BCUT2D eigenvalue weighted by Gasteiger charge is -2.31. The third kappa shape index (κ3) is 5.95. The Kier molecular flexibility index (Phi) is 6.75. The molecule has 1 aliphatic carbocycles. The van der Waals surface area contributed by atoms with Crippen molar-refractivity contribution in [3.05, 3.63) is 46.7 Å². The van der Waals surface area contributed by atoms with Crippen molar-refractivity contribution in [2.75, 3.05) is 18.5 Å². The van der Waals surface area contributed by atoms with E-state index in [0.717, 1.165) is 19.4 Å². The van der Waals surface area contributed by atoms with Crippen molar-refractivity contribution in [3.63, 3.8) is 0 Å². The summed E-state index contributed by atoms with van der Waals surface area (Å²) in [5.74, 6) is 0.778. The Morgan fingerprint density at radius 2 is 1.59 bits per heavy atom. The van der Waals surface area contributed by atoms with Crippen LogP contribution in [0.15, 0.2) is 28.8 Å². The molecule has 2 aromatic rings. The second-order valence-electron chi connectivity index (χ2n) is 8.16. The van der Waals surface area contributed by atoms with Crippen molar-refractivity contribution in [2.45, 2.75) is 51.0 Å².